The first-order valence-corrected chi connectivity index (χ1v) is 8.31. The van der Waals surface area contributed by atoms with Gasteiger partial charge in [-0.1, -0.05) is 0 Å². The number of rotatable bonds is 2. The number of amides is 1. The van der Waals surface area contributed by atoms with Gasteiger partial charge in [0.25, 0.3) is 15.9 Å². The van der Waals surface area contributed by atoms with Gasteiger partial charge in [-0.25, -0.2) is 9.29 Å². The first-order chi connectivity index (χ1) is 9.00. The highest BCUT2D eigenvalue weighted by atomic mass is 79.9. The van der Waals surface area contributed by atoms with Crippen molar-refractivity contribution in [1.29, 1.82) is 0 Å². The number of nitrogens with zero attached hydrogens (tertiary/aromatic N) is 2. The third-order valence-electron chi connectivity index (χ3n) is 2.69. The Morgan fingerprint density at radius 1 is 1.32 bits per heavy atom. The molecule has 0 radical (unpaired) electrons. The normalized spacial score (nSPS) is 16.7. The largest absolute Gasteiger partial charge is 0.285 e. The Bertz CT molecular complexity index is 770. The lowest BCUT2D eigenvalue weighted by molar-refractivity contribution is 0.0865. The summed E-state index contributed by atoms with van der Waals surface area (Å²) in [5, 5.41) is -0.157. The van der Waals surface area contributed by atoms with E-state index in [2.05, 4.69) is 20.9 Å². The second-order valence-electron chi connectivity index (χ2n) is 3.88. The zero-order valence-electron chi connectivity index (χ0n) is 9.41. The molecular weight excluding hydrogens is 352 g/mol. The standard InChI is InChI=1S/C11H7BrN2O3S2/c12-9-4-3-7(18-9)6-14-11(15)8-2-1-5-13-10(8)19(14,16)17/h1-5H,6H2. The highest BCUT2D eigenvalue weighted by molar-refractivity contribution is 9.11. The van der Waals surface area contributed by atoms with Crippen LogP contribution in [0.2, 0.25) is 0 Å². The molecule has 0 aliphatic carbocycles. The van der Waals surface area contributed by atoms with Crippen LogP contribution in [0.25, 0.3) is 0 Å². The molecule has 1 aliphatic heterocycles. The van der Waals surface area contributed by atoms with Crippen LogP contribution in [0.1, 0.15) is 15.2 Å². The predicted octanol–water partition coefficient (Wildman–Crippen LogP) is 2.25. The molecule has 0 spiro atoms. The molecule has 0 N–H and O–H groups in total. The number of thiophene rings is 1. The number of carbonyl (C=O) groups is 1. The Morgan fingerprint density at radius 2 is 2.11 bits per heavy atom. The van der Waals surface area contributed by atoms with Gasteiger partial charge in [-0.05, 0) is 40.2 Å². The predicted molar refractivity (Wildman–Crippen MR) is 73.3 cm³/mol. The van der Waals surface area contributed by atoms with Crippen molar-refractivity contribution in [2.24, 2.45) is 0 Å². The molecular formula is C11H7BrN2O3S2. The molecule has 98 valence electrons. The van der Waals surface area contributed by atoms with E-state index in [1.807, 2.05) is 6.07 Å². The zero-order chi connectivity index (χ0) is 13.6. The van der Waals surface area contributed by atoms with Gasteiger partial charge < -0.3 is 0 Å². The summed E-state index contributed by atoms with van der Waals surface area (Å²) in [6, 6.07) is 6.64. The molecule has 2 aromatic heterocycles. The van der Waals surface area contributed by atoms with Crippen LogP contribution in [-0.4, -0.2) is 23.6 Å². The van der Waals surface area contributed by atoms with Gasteiger partial charge in [0.1, 0.15) is 0 Å². The van der Waals surface area contributed by atoms with Crippen LogP contribution in [0.15, 0.2) is 39.3 Å². The fraction of sp³-hybridized carbons (Fsp3) is 0.0909. The molecule has 1 aliphatic rings. The Hall–Kier alpha value is -1.25. The van der Waals surface area contributed by atoms with Gasteiger partial charge in [0.2, 0.25) is 0 Å². The number of pyridine rings is 1. The Balaban J connectivity index is 2.03. The lowest BCUT2D eigenvalue weighted by atomic mass is 10.2. The highest BCUT2D eigenvalue weighted by Crippen LogP contribution is 2.31. The quantitative estimate of drug-likeness (QED) is 0.825. The van der Waals surface area contributed by atoms with Crippen LogP contribution in [0, 0.1) is 0 Å². The topological polar surface area (TPSA) is 67.3 Å². The van der Waals surface area contributed by atoms with Gasteiger partial charge in [-0.2, -0.15) is 8.42 Å². The SMILES string of the molecule is O=C1c2cccnc2S(=O)(=O)N1Cc1ccc(Br)s1. The van der Waals surface area contributed by atoms with Crippen molar-refractivity contribution in [2.75, 3.05) is 0 Å². The number of hydrogen-bond donors (Lipinski definition) is 0. The maximum atomic E-state index is 12.2. The summed E-state index contributed by atoms with van der Waals surface area (Å²) in [4.78, 5) is 16.7. The molecule has 0 saturated carbocycles. The second kappa shape index (κ2) is 4.39. The minimum Gasteiger partial charge on any atom is -0.268 e. The van der Waals surface area contributed by atoms with E-state index in [1.165, 1.54) is 23.6 Å². The molecule has 5 nitrogen and oxygen atoms in total. The number of aromatic nitrogens is 1. The van der Waals surface area contributed by atoms with Gasteiger partial charge in [-0.15, -0.1) is 11.3 Å². The third kappa shape index (κ3) is 1.99. The molecule has 0 unspecified atom stereocenters. The third-order valence-corrected chi connectivity index (χ3v) is 5.99. The van der Waals surface area contributed by atoms with Gasteiger partial charge in [0.15, 0.2) is 5.03 Å². The van der Waals surface area contributed by atoms with E-state index < -0.39 is 15.9 Å². The number of sulfonamides is 1. The minimum absolute atomic E-state index is 0.0355. The van der Waals surface area contributed by atoms with Crippen LogP contribution in [-0.2, 0) is 16.6 Å². The van der Waals surface area contributed by atoms with Crippen molar-refractivity contribution >= 4 is 43.2 Å². The number of halogens is 1. The number of fused-ring (bicyclic) bond motifs is 1. The molecule has 19 heavy (non-hydrogen) atoms. The first kappa shape index (κ1) is 12.8. The van der Waals surface area contributed by atoms with E-state index in [4.69, 9.17) is 0 Å². The number of hydrogen-bond acceptors (Lipinski definition) is 5. The summed E-state index contributed by atoms with van der Waals surface area (Å²) in [7, 11) is -3.82. The maximum Gasteiger partial charge on any atom is 0.285 e. The maximum absolute atomic E-state index is 12.2. The molecule has 8 heteroatoms. The van der Waals surface area contributed by atoms with Crippen molar-refractivity contribution in [1.82, 2.24) is 9.29 Å². The summed E-state index contributed by atoms with van der Waals surface area (Å²) >= 11 is 4.70. The summed E-state index contributed by atoms with van der Waals surface area (Å²) < 4.78 is 26.2. The molecule has 0 bridgehead atoms. The van der Waals surface area contributed by atoms with E-state index in [9.17, 15) is 13.2 Å². The Kier molecular flexibility index (Phi) is 2.95. The van der Waals surface area contributed by atoms with E-state index in [-0.39, 0.29) is 17.1 Å². The first-order valence-electron chi connectivity index (χ1n) is 5.26. The molecule has 3 heterocycles. The molecule has 1 amide bonds. The summed E-state index contributed by atoms with van der Waals surface area (Å²) in [6.45, 7) is 0.0355. The second-order valence-corrected chi connectivity index (χ2v) is 8.20. The molecule has 0 saturated heterocycles. The lowest BCUT2D eigenvalue weighted by Crippen LogP contribution is -2.29. The van der Waals surface area contributed by atoms with Gasteiger partial charge in [-0.3, -0.25) is 4.79 Å². The van der Waals surface area contributed by atoms with E-state index in [0.29, 0.717) is 0 Å². The average Bonchev–Trinajstić information content (AvgIpc) is 2.87. The van der Waals surface area contributed by atoms with Crippen molar-refractivity contribution < 1.29 is 13.2 Å². The van der Waals surface area contributed by atoms with Crippen molar-refractivity contribution in [3.8, 4) is 0 Å². The van der Waals surface area contributed by atoms with Crippen LogP contribution < -0.4 is 0 Å². The van der Waals surface area contributed by atoms with Crippen molar-refractivity contribution in [2.45, 2.75) is 11.6 Å². The highest BCUT2D eigenvalue weighted by Gasteiger charge is 2.42. The summed E-state index contributed by atoms with van der Waals surface area (Å²) in [5.74, 6) is -0.521. The molecule has 3 rings (SSSR count). The van der Waals surface area contributed by atoms with Gasteiger partial charge >= 0.3 is 0 Å². The van der Waals surface area contributed by atoms with Crippen LogP contribution in [0.4, 0.5) is 0 Å². The average molecular weight is 359 g/mol. The molecule has 0 aromatic carbocycles. The monoisotopic (exact) mass is 358 g/mol. The number of carbonyl (C=O) groups excluding carboxylic acids is 1. The van der Waals surface area contributed by atoms with Crippen LogP contribution in [0.3, 0.4) is 0 Å². The zero-order valence-corrected chi connectivity index (χ0v) is 12.6. The molecule has 0 atom stereocenters. The van der Waals surface area contributed by atoms with E-state index in [0.717, 1.165) is 13.0 Å². The van der Waals surface area contributed by atoms with Crippen LogP contribution >= 0.6 is 27.3 Å². The Labute approximate surface area is 122 Å². The lowest BCUT2D eigenvalue weighted by Gasteiger charge is -2.12. The minimum atomic E-state index is -3.82. The van der Waals surface area contributed by atoms with E-state index in [1.54, 1.807) is 12.1 Å². The van der Waals surface area contributed by atoms with Crippen molar-refractivity contribution in [3.63, 3.8) is 0 Å². The fourth-order valence-electron chi connectivity index (χ4n) is 1.84. The van der Waals surface area contributed by atoms with Crippen LogP contribution in [0.5, 0.6) is 0 Å². The molecule has 2 aromatic rings. The fourth-order valence-corrected chi connectivity index (χ4v) is 4.86. The smallest absolute Gasteiger partial charge is 0.268 e. The Morgan fingerprint density at radius 3 is 2.74 bits per heavy atom. The van der Waals surface area contributed by atoms with E-state index >= 15 is 0 Å². The summed E-state index contributed by atoms with van der Waals surface area (Å²) in [5.41, 5.74) is 0.137. The van der Waals surface area contributed by atoms with Gasteiger partial charge in [0.05, 0.1) is 15.9 Å². The van der Waals surface area contributed by atoms with Gasteiger partial charge in [0, 0.05) is 11.1 Å². The molecule has 0 fully saturated rings. The van der Waals surface area contributed by atoms with Crippen molar-refractivity contribution in [3.05, 3.63) is 44.7 Å². The summed E-state index contributed by atoms with van der Waals surface area (Å²) in [6.07, 6.45) is 1.37.